The van der Waals surface area contributed by atoms with Crippen LogP contribution in [0.1, 0.15) is 19.4 Å². The molecule has 0 aromatic heterocycles. The summed E-state index contributed by atoms with van der Waals surface area (Å²) < 4.78 is 4.77. The number of rotatable bonds is 4. The maximum absolute atomic E-state index is 11.5. The van der Waals surface area contributed by atoms with Gasteiger partial charge in [0.05, 0.1) is 5.54 Å². The summed E-state index contributed by atoms with van der Waals surface area (Å²) >= 11 is 11.9. The van der Waals surface area contributed by atoms with E-state index in [1.165, 1.54) is 7.11 Å². The Labute approximate surface area is 111 Å². The molecule has 94 valence electrons. The van der Waals surface area contributed by atoms with E-state index in [2.05, 4.69) is 5.32 Å². The summed E-state index contributed by atoms with van der Waals surface area (Å²) in [5.74, 6) is -0.191. The number of carbonyl (C=O) groups is 1. The van der Waals surface area contributed by atoms with Gasteiger partial charge in [0, 0.05) is 17.2 Å². The van der Waals surface area contributed by atoms with Gasteiger partial charge in [-0.1, -0.05) is 29.3 Å². The SMILES string of the molecule is COCC(=O)NC(C)(C)c1ccc(Cl)cc1Cl. The fourth-order valence-corrected chi connectivity index (χ4v) is 2.22. The zero-order valence-corrected chi connectivity index (χ0v) is 11.5. The lowest BCUT2D eigenvalue weighted by molar-refractivity contribution is -0.126. The molecule has 5 heteroatoms. The number of hydrogen-bond acceptors (Lipinski definition) is 2. The molecule has 0 aliphatic heterocycles. The van der Waals surface area contributed by atoms with Crippen molar-refractivity contribution in [1.29, 1.82) is 0 Å². The van der Waals surface area contributed by atoms with Crippen LogP contribution in [0.4, 0.5) is 0 Å². The zero-order chi connectivity index (χ0) is 13.1. The Kier molecular flexibility index (Phi) is 4.80. The van der Waals surface area contributed by atoms with Gasteiger partial charge in [0.2, 0.25) is 5.91 Å². The fraction of sp³-hybridized carbons (Fsp3) is 0.417. The summed E-state index contributed by atoms with van der Waals surface area (Å²) in [6.07, 6.45) is 0. The van der Waals surface area contributed by atoms with Crippen molar-refractivity contribution in [2.24, 2.45) is 0 Å². The van der Waals surface area contributed by atoms with E-state index < -0.39 is 5.54 Å². The molecule has 0 saturated heterocycles. The molecule has 0 bridgehead atoms. The topological polar surface area (TPSA) is 38.3 Å². The highest BCUT2D eigenvalue weighted by molar-refractivity contribution is 6.35. The molecule has 0 aliphatic rings. The molecule has 0 unspecified atom stereocenters. The van der Waals surface area contributed by atoms with E-state index in [1.54, 1.807) is 18.2 Å². The second kappa shape index (κ2) is 5.71. The van der Waals surface area contributed by atoms with Crippen molar-refractivity contribution in [3.63, 3.8) is 0 Å². The van der Waals surface area contributed by atoms with Gasteiger partial charge in [0.15, 0.2) is 0 Å². The van der Waals surface area contributed by atoms with E-state index in [0.717, 1.165) is 5.56 Å². The number of nitrogens with one attached hydrogen (secondary N) is 1. The van der Waals surface area contributed by atoms with Crippen molar-refractivity contribution in [1.82, 2.24) is 5.32 Å². The van der Waals surface area contributed by atoms with Crippen LogP contribution in [0.2, 0.25) is 10.0 Å². The van der Waals surface area contributed by atoms with E-state index in [-0.39, 0.29) is 12.5 Å². The first-order chi connectivity index (χ1) is 7.86. The third-order valence-corrected chi connectivity index (χ3v) is 2.88. The molecule has 1 aromatic rings. The summed E-state index contributed by atoms with van der Waals surface area (Å²) in [5.41, 5.74) is 0.241. The van der Waals surface area contributed by atoms with Crippen LogP contribution >= 0.6 is 23.2 Å². The molecular formula is C12H15Cl2NO2. The van der Waals surface area contributed by atoms with Crippen molar-refractivity contribution < 1.29 is 9.53 Å². The van der Waals surface area contributed by atoms with Crippen LogP contribution in [0.15, 0.2) is 18.2 Å². The quantitative estimate of drug-likeness (QED) is 0.918. The van der Waals surface area contributed by atoms with Gasteiger partial charge >= 0.3 is 0 Å². The van der Waals surface area contributed by atoms with Crippen LogP contribution in [0.5, 0.6) is 0 Å². The van der Waals surface area contributed by atoms with Gasteiger partial charge in [0.25, 0.3) is 0 Å². The second-order valence-electron chi connectivity index (χ2n) is 4.23. The molecular weight excluding hydrogens is 261 g/mol. The Hall–Kier alpha value is -0.770. The molecule has 1 aromatic carbocycles. The summed E-state index contributed by atoms with van der Waals surface area (Å²) in [5, 5.41) is 3.94. The van der Waals surface area contributed by atoms with E-state index in [1.807, 2.05) is 13.8 Å². The highest BCUT2D eigenvalue weighted by Crippen LogP contribution is 2.29. The highest BCUT2D eigenvalue weighted by atomic mass is 35.5. The Bertz CT molecular complexity index is 419. The van der Waals surface area contributed by atoms with Crippen LogP contribution in [-0.4, -0.2) is 19.6 Å². The van der Waals surface area contributed by atoms with Gasteiger partial charge < -0.3 is 10.1 Å². The van der Waals surface area contributed by atoms with Gasteiger partial charge in [-0.15, -0.1) is 0 Å². The standard InChI is InChI=1S/C12H15Cl2NO2/c1-12(2,15-11(16)7-17-3)9-5-4-8(13)6-10(9)14/h4-6H,7H2,1-3H3,(H,15,16). The van der Waals surface area contributed by atoms with E-state index >= 15 is 0 Å². The van der Waals surface area contributed by atoms with Gasteiger partial charge in [0.1, 0.15) is 6.61 Å². The number of amides is 1. The Balaban J connectivity index is 2.92. The molecule has 1 amide bonds. The summed E-state index contributed by atoms with van der Waals surface area (Å²) in [6.45, 7) is 3.76. The van der Waals surface area contributed by atoms with Crippen LogP contribution in [0, 0.1) is 0 Å². The van der Waals surface area contributed by atoms with Crippen molar-refractivity contribution in [3.05, 3.63) is 33.8 Å². The van der Waals surface area contributed by atoms with Crippen molar-refractivity contribution in [3.8, 4) is 0 Å². The molecule has 0 radical (unpaired) electrons. The van der Waals surface area contributed by atoms with E-state index in [0.29, 0.717) is 10.0 Å². The van der Waals surface area contributed by atoms with Crippen molar-refractivity contribution in [2.45, 2.75) is 19.4 Å². The smallest absolute Gasteiger partial charge is 0.246 e. The lowest BCUT2D eigenvalue weighted by atomic mass is 9.94. The summed E-state index contributed by atoms with van der Waals surface area (Å²) in [6, 6.07) is 5.20. The number of ether oxygens (including phenoxy) is 1. The fourth-order valence-electron chi connectivity index (χ4n) is 1.58. The predicted octanol–water partition coefficient (Wildman–Crippen LogP) is 2.99. The van der Waals surface area contributed by atoms with Crippen LogP contribution in [0.25, 0.3) is 0 Å². The minimum atomic E-state index is -0.572. The molecule has 17 heavy (non-hydrogen) atoms. The maximum atomic E-state index is 11.5. The average Bonchev–Trinajstić information content (AvgIpc) is 2.15. The molecule has 0 aliphatic carbocycles. The summed E-state index contributed by atoms with van der Waals surface area (Å²) in [4.78, 5) is 11.5. The Morgan fingerprint density at radius 1 is 1.41 bits per heavy atom. The van der Waals surface area contributed by atoms with Gasteiger partial charge in [-0.25, -0.2) is 0 Å². The number of benzene rings is 1. The van der Waals surface area contributed by atoms with Crippen molar-refractivity contribution >= 4 is 29.1 Å². The Morgan fingerprint density at radius 3 is 2.59 bits per heavy atom. The average molecular weight is 276 g/mol. The molecule has 0 spiro atoms. The van der Waals surface area contributed by atoms with E-state index in [4.69, 9.17) is 27.9 Å². The predicted molar refractivity (Wildman–Crippen MR) is 69.5 cm³/mol. The molecule has 3 nitrogen and oxygen atoms in total. The van der Waals surface area contributed by atoms with Crippen LogP contribution in [-0.2, 0) is 15.1 Å². The maximum Gasteiger partial charge on any atom is 0.246 e. The monoisotopic (exact) mass is 275 g/mol. The molecule has 0 heterocycles. The normalized spacial score (nSPS) is 11.4. The second-order valence-corrected chi connectivity index (χ2v) is 5.07. The molecule has 1 N–H and O–H groups in total. The van der Waals surface area contributed by atoms with Crippen LogP contribution in [0.3, 0.4) is 0 Å². The number of methoxy groups -OCH3 is 1. The molecule has 0 atom stereocenters. The number of carbonyl (C=O) groups excluding carboxylic acids is 1. The largest absolute Gasteiger partial charge is 0.375 e. The summed E-state index contributed by atoms with van der Waals surface area (Å²) in [7, 11) is 1.47. The van der Waals surface area contributed by atoms with E-state index in [9.17, 15) is 4.79 Å². The minimum Gasteiger partial charge on any atom is -0.375 e. The third kappa shape index (κ3) is 3.87. The van der Waals surface area contributed by atoms with Gasteiger partial charge in [-0.05, 0) is 31.5 Å². The third-order valence-electron chi connectivity index (χ3n) is 2.33. The lowest BCUT2D eigenvalue weighted by Crippen LogP contribution is -2.42. The van der Waals surface area contributed by atoms with Crippen molar-refractivity contribution in [2.75, 3.05) is 13.7 Å². The lowest BCUT2D eigenvalue weighted by Gasteiger charge is -2.27. The van der Waals surface area contributed by atoms with Crippen LogP contribution < -0.4 is 5.32 Å². The first-order valence-electron chi connectivity index (χ1n) is 5.12. The van der Waals surface area contributed by atoms with Gasteiger partial charge in [-0.3, -0.25) is 4.79 Å². The molecule has 0 fully saturated rings. The minimum absolute atomic E-state index is 0.0225. The highest BCUT2D eigenvalue weighted by Gasteiger charge is 2.25. The zero-order valence-electron chi connectivity index (χ0n) is 10.0. The number of hydrogen-bond donors (Lipinski definition) is 1. The molecule has 1 rings (SSSR count). The first-order valence-corrected chi connectivity index (χ1v) is 5.88. The first kappa shape index (κ1) is 14.3. The number of halogens is 2. The van der Waals surface area contributed by atoms with Gasteiger partial charge in [-0.2, -0.15) is 0 Å². The Morgan fingerprint density at radius 2 is 2.06 bits per heavy atom. The molecule has 0 saturated carbocycles.